The molecule has 1 fully saturated rings. The summed E-state index contributed by atoms with van der Waals surface area (Å²) < 4.78 is 46.7. The monoisotopic (exact) mass is 376 g/mol. The lowest BCUT2D eigenvalue weighted by molar-refractivity contribution is 0.00578. The van der Waals surface area contributed by atoms with Crippen LogP contribution in [0.1, 0.15) is 39.0 Å². The minimum atomic E-state index is -1.07. The predicted molar refractivity (Wildman–Crippen MR) is 99.4 cm³/mol. The second-order valence-electron chi connectivity index (χ2n) is 7.53. The fraction of sp³-hybridized carbons (Fsp3) is 0.421. The number of methoxy groups -OCH3 is 1. The Labute approximate surface area is 158 Å². The minimum absolute atomic E-state index is 0.177. The van der Waals surface area contributed by atoms with Crippen LogP contribution in [0, 0.1) is 5.82 Å². The maximum atomic E-state index is 14.7. The van der Waals surface area contributed by atoms with Gasteiger partial charge >= 0.3 is 7.12 Å². The number of hydrogen-bond acceptors (Lipinski definition) is 4. The highest BCUT2D eigenvalue weighted by Gasteiger charge is 2.53. The lowest BCUT2D eigenvalue weighted by atomic mass is 9.87. The zero-order valence-electron chi connectivity index (χ0n) is 16.1. The molecular weight excluding hydrogens is 353 g/mol. The van der Waals surface area contributed by atoms with Crippen LogP contribution in [0.15, 0.2) is 36.4 Å². The Morgan fingerprint density at radius 1 is 1.26 bits per heavy atom. The average Bonchev–Trinajstić information content (AvgIpc) is 3.09. The third kappa shape index (κ3) is 3.91. The third-order valence-corrected chi connectivity index (χ3v) is 5.08. The van der Waals surface area contributed by atoms with Crippen LogP contribution in [0.3, 0.4) is 0 Å². The molecule has 8 heteroatoms. The first-order valence-electron chi connectivity index (χ1n) is 8.68. The summed E-state index contributed by atoms with van der Waals surface area (Å²) in [6.45, 7) is 7.79. The van der Waals surface area contributed by atoms with E-state index in [1.165, 1.54) is 25.4 Å². The van der Waals surface area contributed by atoms with Crippen LogP contribution in [-0.2, 0) is 15.9 Å². The van der Waals surface area contributed by atoms with Crippen LogP contribution in [0.2, 0.25) is 0 Å². The highest BCUT2D eigenvalue weighted by atomic mass is 19.1. The molecule has 1 aromatic carbocycles. The van der Waals surface area contributed by atoms with Gasteiger partial charge in [-0.2, -0.15) is 0 Å². The van der Waals surface area contributed by atoms with E-state index in [1.807, 2.05) is 27.7 Å². The maximum Gasteiger partial charge on any atom is 0.525 e. The van der Waals surface area contributed by atoms with Crippen LogP contribution in [-0.4, -0.2) is 35.0 Å². The number of aromatic nitrogens is 2. The summed E-state index contributed by atoms with van der Waals surface area (Å²) >= 11 is 0. The van der Waals surface area contributed by atoms with Gasteiger partial charge < -0.3 is 18.6 Å². The molecule has 1 aromatic heterocycles. The smallest absolute Gasteiger partial charge is 0.494 e. The summed E-state index contributed by atoms with van der Waals surface area (Å²) in [5.74, 6) is -0.271. The molecule has 0 unspecified atom stereocenters. The summed E-state index contributed by atoms with van der Waals surface area (Å²) in [6, 6.07) is 4.69. The first kappa shape index (κ1) is 19.6. The second-order valence-corrected chi connectivity index (χ2v) is 7.53. The lowest BCUT2D eigenvalue weighted by Crippen LogP contribution is -2.41. The van der Waals surface area contributed by atoms with Gasteiger partial charge in [0.15, 0.2) is 11.6 Å². The van der Waals surface area contributed by atoms with E-state index < -0.39 is 29.9 Å². The van der Waals surface area contributed by atoms with Gasteiger partial charge in [-0.05, 0) is 51.5 Å². The summed E-state index contributed by atoms with van der Waals surface area (Å²) in [5.41, 5.74) is -0.556. The summed E-state index contributed by atoms with van der Waals surface area (Å²) in [7, 11) is 0.340. The molecule has 2 aromatic rings. The fourth-order valence-corrected chi connectivity index (χ4v) is 2.75. The van der Waals surface area contributed by atoms with Gasteiger partial charge in [-0.1, -0.05) is 6.07 Å². The quantitative estimate of drug-likeness (QED) is 0.740. The molecule has 5 nitrogen and oxygen atoms in total. The van der Waals surface area contributed by atoms with Crippen molar-refractivity contribution in [2.75, 3.05) is 7.11 Å². The molecule has 0 radical (unpaired) electrons. The Balaban J connectivity index is 1.79. The third-order valence-electron chi connectivity index (χ3n) is 5.08. The van der Waals surface area contributed by atoms with Crippen LogP contribution in [0.4, 0.5) is 8.78 Å². The topological polar surface area (TPSA) is 45.5 Å². The SMILES string of the molecule is COc1ccc(Cn2cncc2C=C(F)B2OC(C)(C)C(C)(C)O2)cc1F. The van der Waals surface area contributed by atoms with E-state index in [4.69, 9.17) is 14.0 Å². The maximum absolute atomic E-state index is 14.7. The van der Waals surface area contributed by atoms with Gasteiger partial charge in [0.25, 0.3) is 0 Å². The lowest BCUT2D eigenvalue weighted by Gasteiger charge is -2.32. The largest absolute Gasteiger partial charge is 0.525 e. The van der Waals surface area contributed by atoms with Crippen molar-refractivity contribution >= 4 is 13.2 Å². The van der Waals surface area contributed by atoms with Gasteiger partial charge in [-0.25, -0.2) is 13.8 Å². The van der Waals surface area contributed by atoms with E-state index >= 15 is 0 Å². The molecule has 1 aliphatic heterocycles. The number of benzene rings is 1. The molecule has 27 heavy (non-hydrogen) atoms. The van der Waals surface area contributed by atoms with Crippen LogP contribution >= 0.6 is 0 Å². The molecule has 0 saturated carbocycles. The zero-order valence-corrected chi connectivity index (χ0v) is 16.1. The molecule has 3 rings (SSSR count). The zero-order chi connectivity index (χ0) is 19.8. The van der Waals surface area contributed by atoms with Gasteiger partial charge in [0.05, 0.1) is 36.5 Å². The number of rotatable bonds is 5. The molecule has 0 spiro atoms. The van der Waals surface area contributed by atoms with Crippen molar-refractivity contribution in [1.82, 2.24) is 9.55 Å². The van der Waals surface area contributed by atoms with Crippen LogP contribution in [0.25, 0.3) is 6.08 Å². The number of halogens is 2. The Bertz CT molecular complexity index is 848. The second kappa shape index (κ2) is 7.09. The average molecular weight is 376 g/mol. The predicted octanol–water partition coefficient (Wildman–Crippen LogP) is 4.02. The van der Waals surface area contributed by atoms with Gasteiger partial charge in [0, 0.05) is 6.54 Å². The van der Waals surface area contributed by atoms with Crippen molar-refractivity contribution in [3.8, 4) is 5.75 Å². The summed E-state index contributed by atoms with van der Waals surface area (Å²) in [4.78, 5) is 4.06. The summed E-state index contributed by atoms with van der Waals surface area (Å²) in [5, 5.41) is 0. The van der Waals surface area contributed by atoms with E-state index in [-0.39, 0.29) is 5.75 Å². The van der Waals surface area contributed by atoms with Crippen molar-refractivity contribution in [2.24, 2.45) is 0 Å². The van der Waals surface area contributed by atoms with E-state index in [0.717, 1.165) is 0 Å². The van der Waals surface area contributed by atoms with Crippen LogP contribution in [0.5, 0.6) is 5.75 Å². The Morgan fingerprint density at radius 3 is 2.52 bits per heavy atom. The van der Waals surface area contributed by atoms with Gasteiger partial charge in [-0.3, -0.25) is 0 Å². The molecule has 0 aliphatic carbocycles. The Hall–Kier alpha value is -2.19. The number of ether oxygens (including phenoxy) is 1. The number of nitrogens with zero attached hydrogens (tertiary/aromatic N) is 2. The minimum Gasteiger partial charge on any atom is -0.494 e. The molecule has 0 N–H and O–H groups in total. The van der Waals surface area contributed by atoms with E-state index in [0.29, 0.717) is 17.8 Å². The molecule has 144 valence electrons. The van der Waals surface area contributed by atoms with Crippen LogP contribution < -0.4 is 4.74 Å². The molecule has 1 aliphatic rings. The van der Waals surface area contributed by atoms with Crippen molar-refractivity contribution < 1.29 is 22.8 Å². The number of hydrogen-bond donors (Lipinski definition) is 0. The highest BCUT2D eigenvalue weighted by molar-refractivity contribution is 6.54. The van der Waals surface area contributed by atoms with Gasteiger partial charge in [0.1, 0.15) is 5.73 Å². The summed E-state index contributed by atoms with van der Waals surface area (Å²) in [6.07, 6.45) is 4.42. The molecule has 1 saturated heterocycles. The molecule has 0 atom stereocenters. The molecule has 0 amide bonds. The van der Waals surface area contributed by atoms with Crippen molar-refractivity contribution in [3.63, 3.8) is 0 Å². The molecular formula is C19H23BF2N2O3. The highest BCUT2D eigenvalue weighted by Crippen LogP contribution is 2.39. The molecule has 0 bridgehead atoms. The fourth-order valence-electron chi connectivity index (χ4n) is 2.75. The van der Waals surface area contributed by atoms with E-state index in [9.17, 15) is 8.78 Å². The standard InChI is InChI=1S/C19H23BF2N2O3/c1-18(2)19(3,4)27-20(26-18)17(22)9-14-10-23-12-24(14)11-13-6-7-16(25-5)15(21)8-13/h6-10,12H,11H2,1-5H3. The Kier molecular flexibility index (Phi) is 5.14. The molecule has 2 heterocycles. The first-order chi connectivity index (χ1) is 12.6. The van der Waals surface area contributed by atoms with E-state index in [2.05, 4.69) is 4.98 Å². The van der Waals surface area contributed by atoms with Crippen molar-refractivity contribution in [2.45, 2.75) is 45.4 Å². The first-order valence-corrected chi connectivity index (χ1v) is 8.68. The van der Waals surface area contributed by atoms with Crippen molar-refractivity contribution in [1.29, 1.82) is 0 Å². The van der Waals surface area contributed by atoms with E-state index in [1.54, 1.807) is 23.0 Å². The Morgan fingerprint density at radius 2 is 1.93 bits per heavy atom. The number of imidazole rings is 1. The normalized spacial score (nSPS) is 18.8. The van der Waals surface area contributed by atoms with Crippen molar-refractivity contribution in [3.05, 3.63) is 53.5 Å². The van der Waals surface area contributed by atoms with Gasteiger partial charge in [0.2, 0.25) is 0 Å². The van der Waals surface area contributed by atoms with Gasteiger partial charge in [-0.15, -0.1) is 0 Å².